The molecule has 0 spiro atoms. The SMILES string of the molecule is CNc1ncccc1S(=O)(=O)Nc1c(Cl)cc(Br)cc1Cl. The van der Waals surface area contributed by atoms with E-state index in [1.54, 1.807) is 19.2 Å². The molecule has 0 radical (unpaired) electrons. The lowest BCUT2D eigenvalue weighted by atomic mass is 10.3. The van der Waals surface area contributed by atoms with Crippen molar-refractivity contribution in [1.82, 2.24) is 4.98 Å². The average molecular weight is 411 g/mol. The maximum atomic E-state index is 12.5. The Morgan fingerprint density at radius 3 is 2.43 bits per heavy atom. The van der Waals surface area contributed by atoms with Crippen molar-refractivity contribution in [1.29, 1.82) is 0 Å². The first kappa shape index (κ1) is 16.4. The first-order chi connectivity index (χ1) is 9.85. The van der Waals surface area contributed by atoms with Crippen LogP contribution in [0.4, 0.5) is 11.5 Å². The lowest BCUT2D eigenvalue weighted by Gasteiger charge is -2.13. The highest BCUT2D eigenvalue weighted by Gasteiger charge is 2.21. The van der Waals surface area contributed by atoms with Crippen LogP contribution in [0.2, 0.25) is 10.0 Å². The van der Waals surface area contributed by atoms with Gasteiger partial charge >= 0.3 is 0 Å². The van der Waals surface area contributed by atoms with Gasteiger partial charge in [0.1, 0.15) is 10.7 Å². The van der Waals surface area contributed by atoms with Crippen LogP contribution in [0.5, 0.6) is 0 Å². The first-order valence-electron chi connectivity index (χ1n) is 5.65. The Kier molecular flexibility index (Phi) is 4.98. The Labute approximate surface area is 140 Å². The molecular weight excluding hydrogens is 401 g/mol. The molecule has 0 fully saturated rings. The average Bonchev–Trinajstić information content (AvgIpc) is 2.43. The van der Waals surface area contributed by atoms with Crippen LogP contribution in [0, 0.1) is 0 Å². The summed E-state index contributed by atoms with van der Waals surface area (Å²) < 4.78 is 27.9. The Morgan fingerprint density at radius 2 is 1.86 bits per heavy atom. The van der Waals surface area contributed by atoms with E-state index in [4.69, 9.17) is 23.2 Å². The monoisotopic (exact) mass is 409 g/mol. The van der Waals surface area contributed by atoms with E-state index in [0.29, 0.717) is 4.47 Å². The number of rotatable bonds is 4. The molecule has 1 aromatic heterocycles. The summed E-state index contributed by atoms with van der Waals surface area (Å²) in [5.74, 6) is 0.231. The maximum absolute atomic E-state index is 12.5. The van der Waals surface area contributed by atoms with Crippen molar-refractivity contribution < 1.29 is 8.42 Å². The maximum Gasteiger partial charge on any atom is 0.265 e. The van der Waals surface area contributed by atoms with E-state index in [2.05, 4.69) is 31.0 Å². The summed E-state index contributed by atoms with van der Waals surface area (Å²) in [6, 6.07) is 6.06. The molecular formula is C12H10BrCl2N3O2S. The minimum atomic E-state index is -3.87. The van der Waals surface area contributed by atoms with Gasteiger partial charge in [0.05, 0.1) is 15.7 Å². The van der Waals surface area contributed by atoms with Gasteiger partial charge in [-0.2, -0.15) is 0 Å². The van der Waals surface area contributed by atoms with E-state index in [9.17, 15) is 8.42 Å². The third-order valence-electron chi connectivity index (χ3n) is 2.54. The summed E-state index contributed by atoms with van der Waals surface area (Å²) >= 11 is 15.3. The van der Waals surface area contributed by atoms with E-state index >= 15 is 0 Å². The predicted octanol–water partition coefficient (Wildman–Crippen LogP) is 3.99. The number of benzene rings is 1. The molecule has 0 aliphatic carbocycles. The third kappa shape index (κ3) is 3.60. The minimum Gasteiger partial charge on any atom is -0.372 e. The second-order valence-electron chi connectivity index (χ2n) is 3.95. The molecule has 1 aromatic carbocycles. The summed E-state index contributed by atoms with van der Waals surface area (Å²) in [4.78, 5) is 3.96. The fourth-order valence-corrected chi connectivity index (χ4v) is 4.30. The summed E-state index contributed by atoms with van der Waals surface area (Å²) in [6.45, 7) is 0. The topological polar surface area (TPSA) is 71.1 Å². The molecule has 0 saturated heterocycles. The number of anilines is 2. The lowest BCUT2D eigenvalue weighted by molar-refractivity contribution is 0.601. The van der Waals surface area contributed by atoms with Gasteiger partial charge in [-0.1, -0.05) is 39.1 Å². The van der Waals surface area contributed by atoms with Gasteiger partial charge in [0, 0.05) is 17.7 Å². The molecule has 0 atom stereocenters. The fourth-order valence-electron chi connectivity index (χ4n) is 1.62. The van der Waals surface area contributed by atoms with E-state index < -0.39 is 10.0 Å². The lowest BCUT2D eigenvalue weighted by Crippen LogP contribution is -2.16. The normalized spacial score (nSPS) is 11.2. The smallest absolute Gasteiger partial charge is 0.265 e. The number of aromatic nitrogens is 1. The zero-order chi connectivity index (χ0) is 15.6. The number of hydrogen-bond acceptors (Lipinski definition) is 4. The van der Waals surface area contributed by atoms with Gasteiger partial charge in [-0.15, -0.1) is 0 Å². The van der Waals surface area contributed by atoms with Gasteiger partial charge in [0.2, 0.25) is 0 Å². The molecule has 0 saturated carbocycles. The van der Waals surface area contributed by atoms with Gasteiger partial charge in [0.25, 0.3) is 10.0 Å². The Bertz CT molecular complexity index is 761. The molecule has 0 aliphatic rings. The Morgan fingerprint density at radius 1 is 1.24 bits per heavy atom. The molecule has 2 rings (SSSR count). The van der Waals surface area contributed by atoms with Gasteiger partial charge in [-0.05, 0) is 24.3 Å². The molecule has 112 valence electrons. The van der Waals surface area contributed by atoms with E-state index in [-0.39, 0.29) is 26.4 Å². The molecule has 2 N–H and O–H groups in total. The van der Waals surface area contributed by atoms with Crippen molar-refractivity contribution in [2.24, 2.45) is 0 Å². The van der Waals surface area contributed by atoms with Crippen LogP contribution >= 0.6 is 39.1 Å². The number of sulfonamides is 1. The largest absolute Gasteiger partial charge is 0.372 e. The van der Waals surface area contributed by atoms with E-state index in [0.717, 1.165) is 0 Å². The number of nitrogens with one attached hydrogen (secondary N) is 2. The number of nitrogens with zero attached hydrogens (tertiary/aromatic N) is 1. The van der Waals surface area contributed by atoms with E-state index in [1.165, 1.54) is 18.3 Å². The molecule has 1 heterocycles. The second-order valence-corrected chi connectivity index (χ2v) is 7.33. The molecule has 2 aromatic rings. The molecule has 0 bridgehead atoms. The van der Waals surface area contributed by atoms with Crippen LogP contribution in [0.15, 0.2) is 39.8 Å². The van der Waals surface area contributed by atoms with Crippen LogP contribution in [0.25, 0.3) is 0 Å². The molecule has 9 heteroatoms. The van der Waals surface area contributed by atoms with Crippen LogP contribution in [-0.2, 0) is 10.0 Å². The predicted molar refractivity (Wildman–Crippen MR) is 88.8 cm³/mol. The quantitative estimate of drug-likeness (QED) is 0.799. The van der Waals surface area contributed by atoms with Crippen LogP contribution in [0.1, 0.15) is 0 Å². The zero-order valence-corrected chi connectivity index (χ0v) is 14.6. The highest BCUT2D eigenvalue weighted by atomic mass is 79.9. The highest BCUT2D eigenvalue weighted by molar-refractivity contribution is 9.10. The summed E-state index contributed by atoms with van der Waals surface area (Å²) in [5, 5.41) is 3.10. The summed E-state index contributed by atoms with van der Waals surface area (Å²) in [7, 11) is -2.29. The summed E-state index contributed by atoms with van der Waals surface area (Å²) in [6.07, 6.45) is 1.49. The van der Waals surface area contributed by atoms with Crippen molar-refractivity contribution in [2.75, 3.05) is 17.1 Å². The van der Waals surface area contributed by atoms with Gasteiger partial charge in [0.15, 0.2) is 0 Å². The number of halogens is 3. The second kappa shape index (κ2) is 6.39. The first-order valence-corrected chi connectivity index (χ1v) is 8.68. The third-order valence-corrected chi connectivity index (χ3v) is 4.98. The molecule has 0 amide bonds. The summed E-state index contributed by atoms with van der Waals surface area (Å²) in [5.41, 5.74) is 0.118. The van der Waals surface area contributed by atoms with Crippen LogP contribution in [0.3, 0.4) is 0 Å². The van der Waals surface area contributed by atoms with Gasteiger partial charge in [-0.25, -0.2) is 13.4 Å². The molecule has 0 aliphatic heterocycles. The molecule has 21 heavy (non-hydrogen) atoms. The number of hydrogen-bond donors (Lipinski definition) is 2. The fraction of sp³-hybridized carbons (Fsp3) is 0.0833. The van der Waals surface area contributed by atoms with Crippen molar-refractivity contribution >= 4 is 60.7 Å². The van der Waals surface area contributed by atoms with Crippen LogP contribution < -0.4 is 10.0 Å². The zero-order valence-electron chi connectivity index (χ0n) is 10.7. The standard InChI is InChI=1S/C12H10BrCl2N3O2S/c1-16-12-10(3-2-4-17-12)21(19,20)18-11-8(14)5-7(13)6-9(11)15/h2-6,18H,1H3,(H,16,17). The van der Waals surface area contributed by atoms with Crippen molar-refractivity contribution in [3.05, 3.63) is 45.0 Å². The Balaban J connectivity index is 2.48. The highest BCUT2D eigenvalue weighted by Crippen LogP contribution is 2.35. The van der Waals surface area contributed by atoms with Crippen LogP contribution in [-0.4, -0.2) is 20.4 Å². The van der Waals surface area contributed by atoms with E-state index in [1.807, 2.05) is 0 Å². The van der Waals surface area contributed by atoms with Gasteiger partial charge in [-0.3, -0.25) is 4.72 Å². The van der Waals surface area contributed by atoms with Crippen molar-refractivity contribution in [2.45, 2.75) is 4.90 Å². The van der Waals surface area contributed by atoms with Crippen molar-refractivity contribution in [3.63, 3.8) is 0 Å². The molecule has 5 nitrogen and oxygen atoms in total. The Hall–Kier alpha value is -1.02. The molecule has 0 unspecified atom stereocenters. The van der Waals surface area contributed by atoms with Crippen molar-refractivity contribution in [3.8, 4) is 0 Å². The number of pyridine rings is 1. The minimum absolute atomic E-state index is 0.00236. The van der Waals surface area contributed by atoms with Gasteiger partial charge < -0.3 is 5.32 Å².